The van der Waals surface area contributed by atoms with Crippen molar-refractivity contribution in [2.75, 3.05) is 6.61 Å². The van der Waals surface area contributed by atoms with Crippen LogP contribution in [-0.2, 0) is 11.3 Å². The van der Waals surface area contributed by atoms with Gasteiger partial charge in [-0.2, -0.15) is 0 Å². The van der Waals surface area contributed by atoms with Gasteiger partial charge in [0.05, 0.1) is 0 Å². The van der Waals surface area contributed by atoms with E-state index in [0.717, 1.165) is 18.9 Å². The summed E-state index contributed by atoms with van der Waals surface area (Å²) in [5, 5.41) is 0. The van der Waals surface area contributed by atoms with E-state index in [2.05, 4.69) is 13.8 Å². The Morgan fingerprint density at radius 3 is 2.87 bits per heavy atom. The molecule has 0 N–H and O–H groups in total. The first-order valence-electron chi connectivity index (χ1n) is 5.34. The molecule has 0 unspecified atom stereocenters. The van der Waals surface area contributed by atoms with Crippen molar-refractivity contribution in [2.45, 2.75) is 33.3 Å². The maximum Gasteiger partial charge on any atom is 0.185 e. The molecule has 0 aliphatic carbocycles. The largest absolute Gasteiger partial charge is 0.456 e. The first-order chi connectivity index (χ1) is 7.22. The van der Waals surface area contributed by atoms with Crippen LogP contribution in [0.3, 0.4) is 0 Å². The molecule has 0 saturated carbocycles. The first kappa shape index (κ1) is 12.0. The Hall–Kier alpha value is -1.09. The molecule has 0 radical (unpaired) electrons. The van der Waals surface area contributed by atoms with Gasteiger partial charge in [0.1, 0.15) is 12.4 Å². The summed E-state index contributed by atoms with van der Waals surface area (Å²) in [6.07, 6.45) is 2.94. The van der Waals surface area contributed by atoms with Crippen molar-refractivity contribution in [3.8, 4) is 0 Å². The fourth-order valence-electron chi connectivity index (χ4n) is 1.30. The van der Waals surface area contributed by atoms with E-state index in [1.165, 1.54) is 6.42 Å². The van der Waals surface area contributed by atoms with Gasteiger partial charge >= 0.3 is 0 Å². The van der Waals surface area contributed by atoms with Crippen LogP contribution >= 0.6 is 0 Å². The molecule has 1 heterocycles. The third-order valence-electron chi connectivity index (χ3n) is 2.11. The third-order valence-corrected chi connectivity index (χ3v) is 2.11. The van der Waals surface area contributed by atoms with E-state index in [4.69, 9.17) is 9.15 Å². The van der Waals surface area contributed by atoms with Gasteiger partial charge in [-0.15, -0.1) is 0 Å². The lowest BCUT2D eigenvalue weighted by atomic mass is 10.1. The molecule has 0 saturated heterocycles. The van der Waals surface area contributed by atoms with Gasteiger partial charge in [0.2, 0.25) is 0 Å². The molecule has 1 aromatic rings. The summed E-state index contributed by atoms with van der Waals surface area (Å²) in [4.78, 5) is 10.3. The number of carbonyl (C=O) groups excluding carboxylic acids is 1. The second kappa shape index (κ2) is 6.40. The third kappa shape index (κ3) is 4.79. The molecule has 0 spiro atoms. The van der Waals surface area contributed by atoms with E-state index in [-0.39, 0.29) is 0 Å². The lowest BCUT2D eigenvalue weighted by Crippen LogP contribution is -1.97. The lowest BCUT2D eigenvalue weighted by molar-refractivity contribution is 0.0974. The van der Waals surface area contributed by atoms with Crippen LogP contribution in [0.15, 0.2) is 16.5 Å². The number of rotatable bonds is 7. The minimum Gasteiger partial charge on any atom is -0.456 e. The van der Waals surface area contributed by atoms with Crippen molar-refractivity contribution in [3.05, 3.63) is 23.7 Å². The van der Waals surface area contributed by atoms with Crippen LogP contribution in [0.5, 0.6) is 0 Å². The summed E-state index contributed by atoms with van der Waals surface area (Å²) in [6.45, 7) is 5.59. The van der Waals surface area contributed by atoms with E-state index < -0.39 is 0 Å². The molecule has 0 aromatic carbocycles. The topological polar surface area (TPSA) is 39.4 Å². The SMILES string of the molecule is CC(C)CCCOCc1ccc(C=O)o1. The number of hydrogen-bond acceptors (Lipinski definition) is 3. The molecular formula is C12H18O3. The number of ether oxygens (including phenoxy) is 1. The summed E-state index contributed by atoms with van der Waals surface area (Å²) in [5.74, 6) is 1.79. The van der Waals surface area contributed by atoms with Gasteiger partial charge in [0.15, 0.2) is 12.0 Å². The number of furan rings is 1. The first-order valence-corrected chi connectivity index (χ1v) is 5.34. The van der Waals surface area contributed by atoms with Crippen molar-refractivity contribution in [2.24, 2.45) is 5.92 Å². The molecule has 3 heteroatoms. The monoisotopic (exact) mass is 210 g/mol. The smallest absolute Gasteiger partial charge is 0.185 e. The second-order valence-electron chi connectivity index (χ2n) is 4.01. The molecule has 84 valence electrons. The lowest BCUT2D eigenvalue weighted by Gasteiger charge is -2.04. The van der Waals surface area contributed by atoms with Gasteiger partial charge in [-0.05, 0) is 30.9 Å². The zero-order valence-electron chi connectivity index (χ0n) is 9.36. The highest BCUT2D eigenvalue weighted by atomic mass is 16.5. The van der Waals surface area contributed by atoms with Crippen molar-refractivity contribution in [3.63, 3.8) is 0 Å². The van der Waals surface area contributed by atoms with E-state index in [1.807, 2.05) is 0 Å². The summed E-state index contributed by atoms with van der Waals surface area (Å²) < 4.78 is 10.6. The maximum absolute atomic E-state index is 10.3. The highest BCUT2D eigenvalue weighted by Gasteiger charge is 2.00. The summed E-state index contributed by atoms with van der Waals surface area (Å²) in [5.41, 5.74) is 0. The molecule has 0 fully saturated rings. The molecule has 0 amide bonds. The number of carbonyl (C=O) groups is 1. The zero-order chi connectivity index (χ0) is 11.1. The van der Waals surface area contributed by atoms with Gasteiger partial charge in [-0.1, -0.05) is 13.8 Å². The van der Waals surface area contributed by atoms with Crippen molar-refractivity contribution in [1.82, 2.24) is 0 Å². The predicted octanol–water partition coefficient (Wildman–Crippen LogP) is 3.04. The Kier molecular flexibility index (Phi) is 5.12. The summed E-state index contributed by atoms with van der Waals surface area (Å²) in [7, 11) is 0. The number of aldehydes is 1. The Morgan fingerprint density at radius 2 is 2.27 bits per heavy atom. The predicted molar refractivity (Wildman–Crippen MR) is 57.8 cm³/mol. The van der Waals surface area contributed by atoms with Crippen molar-refractivity contribution in [1.29, 1.82) is 0 Å². The van der Waals surface area contributed by atoms with E-state index >= 15 is 0 Å². The second-order valence-corrected chi connectivity index (χ2v) is 4.01. The molecular weight excluding hydrogens is 192 g/mol. The fourth-order valence-corrected chi connectivity index (χ4v) is 1.30. The van der Waals surface area contributed by atoms with E-state index in [1.54, 1.807) is 12.1 Å². The Balaban J connectivity index is 2.12. The molecule has 0 atom stereocenters. The molecule has 0 aliphatic heterocycles. The van der Waals surface area contributed by atoms with Gasteiger partial charge in [-0.3, -0.25) is 4.79 Å². The molecule has 15 heavy (non-hydrogen) atoms. The standard InChI is InChI=1S/C12H18O3/c1-10(2)4-3-7-14-9-12-6-5-11(8-13)15-12/h5-6,8,10H,3-4,7,9H2,1-2H3. The average molecular weight is 210 g/mol. The molecule has 0 bridgehead atoms. The highest BCUT2D eigenvalue weighted by molar-refractivity contribution is 5.70. The van der Waals surface area contributed by atoms with Crippen molar-refractivity contribution < 1.29 is 13.9 Å². The van der Waals surface area contributed by atoms with E-state index in [9.17, 15) is 4.79 Å². The van der Waals surface area contributed by atoms with Crippen LogP contribution in [0.1, 0.15) is 43.0 Å². The van der Waals surface area contributed by atoms with Gasteiger partial charge < -0.3 is 9.15 Å². The van der Waals surface area contributed by atoms with Gasteiger partial charge in [0, 0.05) is 6.61 Å². The zero-order valence-corrected chi connectivity index (χ0v) is 9.36. The average Bonchev–Trinajstić information content (AvgIpc) is 2.65. The minimum atomic E-state index is 0.357. The molecule has 0 aliphatic rings. The van der Waals surface area contributed by atoms with Crippen LogP contribution in [0.25, 0.3) is 0 Å². The maximum atomic E-state index is 10.3. The molecule has 1 rings (SSSR count). The quantitative estimate of drug-likeness (QED) is 0.513. The number of hydrogen-bond donors (Lipinski definition) is 0. The normalized spacial score (nSPS) is 10.9. The van der Waals surface area contributed by atoms with Gasteiger partial charge in [-0.25, -0.2) is 0 Å². The van der Waals surface area contributed by atoms with Crippen molar-refractivity contribution >= 4 is 6.29 Å². The minimum absolute atomic E-state index is 0.357. The fraction of sp³-hybridized carbons (Fsp3) is 0.583. The van der Waals surface area contributed by atoms with Crippen LogP contribution < -0.4 is 0 Å². The Morgan fingerprint density at radius 1 is 1.47 bits per heavy atom. The van der Waals surface area contributed by atoms with Gasteiger partial charge in [0.25, 0.3) is 0 Å². The Labute approximate surface area is 90.4 Å². The highest BCUT2D eigenvalue weighted by Crippen LogP contribution is 2.08. The molecule has 1 aromatic heterocycles. The van der Waals surface area contributed by atoms with E-state index in [0.29, 0.717) is 24.4 Å². The summed E-state index contributed by atoms with van der Waals surface area (Å²) in [6, 6.07) is 3.42. The van der Waals surface area contributed by atoms with Crippen LogP contribution in [0.4, 0.5) is 0 Å². The Bertz CT molecular complexity index is 289. The van der Waals surface area contributed by atoms with Crippen LogP contribution in [0, 0.1) is 5.92 Å². The van der Waals surface area contributed by atoms with Crippen LogP contribution in [-0.4, -0.2) is 12.9 Å². The molecule has 3 nitrogen and oxygen atoms in total. The summed E-state index contributed by atoms with van der Waals surface area (Å²) >= 11 is 0. The van der Waals surface area contributed by atoms with Crippen LogP contribution in [0.2, 0.25) is 0 Å².